The van der Waals surface area contributed by atoms with Crippen molar-refractivity contribution in [2.24, 2.45) is 0 Å². The molecule has 0 spiro atoms. The second-order valence-electron chi connectivity index (χ2n) is 3.43. The molecule has 1 heterocycles. The summed E-state index contributed by atoms with van der Waals surface area (Å²) in [5.74, 6) is -0.750. The van der Waals surface area contributed by atoms with Crippen LogP contribution in [0.2, 0.25) is 5.15 Å². The largest absolute Gasteiger partial charge is 0.338 e. The number of nitrogens with zero attached hydrogens (tertiary/aromatic N) is 2. The van der Waals surface area contributed by atoms with Crippen molar-refractivity contribution in [3.63, 3.8) is 0 Å². The molecule has 0 saturated heterocycles. The lowest BCUT2D eigenvalue weighted by molar-refractivity contribution is 0.595. The third-order valence-corrected chi connectivity index (χ3v) is 2.35. The maximum absolute atomic E-state index is 13.5. The molecule has 0 amide bonds. The Morgan fingerprint density at radius 3 is 2.59 bits per heavy atom. The Labute approximate surface area is 101 Å². The van der Waals surface area contributed by atoms with Crippen molar-refractivity contribution in [2.45, 2.75) is 6.92 Å². The van der Waals surface area contributed by atoms with Crippen LogP contribution in [0.4, 0.5) is 20.3 Å². The standard InChI is InChI=1S/C11H8ClF2N3/c1-6-2-8(14)9(3-7(6)13)17-11-4-10(12)15-5-16-11/h2-5H,1H3,(H,15,16,17). The molecule has 17 heavy (non-hydrogen) atoms. The zero-order valence-electron chi connectivity index (χ0n) is 8.84. The zero-order chi connectivity index (χ0) is 12.4. The Morgan fingerprint density at radius 1 is 1.12 bits per heavy atom. The van der Waals surface area contributed by atoms with Gasteiger partial charge >= 0.3 is 0 Å². The topological polar surface area (TPSA) is 37.8 Å². The normalized spacial score (nSPS) is 10.4. The average molecular weight is 256 g/mol. The third kappa shape index (κ3) is 2.68. The molecule has 0 atom stereocenters. The van der Waals surface area contributed by atoms with Crippen LogP contribution in [0.5, 0.6) is 0 Å². The molecule has 0 saturated carbocycles. The lowest BCUT2D eigenvalue weighted by Crippen LogP contribution is -1.98. The molecule has 2 aromatic rings. The molecule has 1 N–H and O–H groups in total. The molecule has 0 aliphatic rings. The van der Waals surface area contributed by atoms with E-state index in [1.165, 1.54) is 19.3 Å². The van der Waals surface area contributed by atoms with Crippen molar-refractivity contribution in [2.75, 3.05) is 5.32 Å². The fourth-order valence-electron chi connectivity index (χ4n) is 1.28. The van der Waals surface area contributed by atoms with Gasteiger partial charge in [0.2, 0.25) is 0 Å². The number of halogens is 3. The van der Waals surface area contributed by atoms with Gasteiger partial charge in [0.1, 0.15) is 28.9 Å². The van der Waals surface area contributed by atoms with Crippen molar-refractivity contribution in [1.29, 1.82) is 0 Å². The number of benzene rings is 1. The van der Waals surface area contributed by atoms with Crippen molar-refractivity contribution in [3.05, 3.63) is 46.9 Å². The van der Waals surface area contributed by atoms with Crippen molar-refractivity contribution < 1.29 is 8.78 Å². The van der Waals surface area contributed by atoms with Crippen LogP contribution >= 0.6 is 11.6 Å². The summed E-state index contributed by atoms with van der Waals surface area (Å²) in [5, 5.41) is 2.85. The van der Waals surface area contributed by atoms with Gasteiger partial charge in [-0.25, -0.2) is 18.7 Å². The predicted molar refractivity (Wildman–Crippen MR) is 61.4 cm³/mol. The Balaban J connectivity index is 2.33. The van der Waals surface area contributed by atoms with Crippen LogP contribution in [0.3, 0.4) is 0 Å². The summed E-state index contributed by atoms with van der Waals surface area (Å²) < 4.78 is 26.8. The van der Waals surface area contributed by atoms with Gasteiger partial charge in [-0.3, -0.25) is 0 Å². The van der Waals surface area contributed by atoms with Crippen LogP contribution in [-0.2, 0) is 0 Å². The number of aromatic nitrogens is 2. The summed E-state index contributed by atoms with van der Waals surface area (Å²) in [6.45, 7) is 1.49. The fraction of sp³-hybridized carbons (Fsp3) is 0.0909. The molecular formula is C11H8ClF2N3. The molecule has 3 nitrogen and oxygen atoms in total. The lowest BCUT2D eigenvalue weighted by Gasteiger charge is -2.08. The van der Waals surface area contributed by atoms with E-state index in [1.807, 2.05) is 0 Å². The van der Waals surface area contributed by atoms with Crippen LogP contribution in [0.1, 0.15) is 5.56 Å². The van der Waals surface area contributed by atoms with Crippen LogP contribution in [0.15, 0.2) is 24.5 Å². The third-order valence-electron chi connectivity index (χ3n) is 2.14. The number of nitrogens with one attached hydrogen (secondary N) is 1. The van der Waals surface area contributed by atoms with Gasteiger partial charge in [-0.1, -0.05) is 11.6 Å². The Hall–Kier alpha value is -1.75. The van der Waals surface area contributed by atoms with Gasteiger partial charge in [0.25, 0.3) is 0 Å². The first kappa shape index (κ1) is 11.7. The summed E-state index contributed by atoms with van der Waals surface area (Å²) >= 11 is 5.65. The van der Waals surface area contributed by atoms with Gasteiger partial charge < -0.3 is 5.32 Å². The Bertz CT molecular complexity index is 560. The first-order valence-corrected chi connectivity index (χ1v) is 5.14. The minimum atomic E-state index is -0.557. The second kappa shape index (κ2) is 4.63. The first-order valence-electron chi connectivity index (χ1n) is 4.76. The fourth-order valence-corrected chi connectivity index (χ4v) is 1.43. The second-order valence-corrected chi connectivity index (χ2v) is 3.82. The molecule has 1 aromatic heterocycles. The average Bonchev–Trinajstić information content (AvgIpc) is 2.26. The molecule has 2 rings (SSSR count). The summed E-state index contributed by atoms with van der Waals surface area (Å²) in [6.07, 6.45) is 1.23. The van der Waals surface area contributed by atoms with Crippen LogP contribution in [0, 0.1) is 18.6 Å². The van der Waals surface area contributed by atoms with E-state index in [2.05, 4.69) is 15.3 Å². The number of rotatable bonds is 2. The first-order chi connectivity index (χ1) is 8.06. The van der Waals surface area contributed by atoms with Crippen LogP contribution < -0.4 is 5.32 Å². The molecule has 0 aliphatic carbocycles. The molecule has 0 fully saturated rings. The summed E-state index contributed by atoms with van der Waals surface area (Å²) in [4.78, 5) is 7.51. The van der Waals surface area contributed by atoms with Crippen molar-refractivity contribution in [1.82, 2.24) is 9.97 Å². The summed E-state index contributed by atoms with van der Waals surface area (Å²) in [5.41, 5.74) is 0.247. The van der Waals surface area contributed by atoms with E-state index in [4.69, 9.17) is 11.6 Å². The maximum atomic E-state index is 13.5. The summed E-state index contributed by atoms with van der Waals surface area (Å²) in [7, 11) is 0. The van der Waals surface area contributed by atoms with E-state index < -0.39 is 11.6 Å². The number of hydrogen-bond acceptors (Lipinski definition) is 3. The van der Waals surface area contributed by atoms with E-state index >= 15 is 0 Å². The van der Waals surface area contributed by atoms with E-state index in [0.717, 1.165) is 12.1 Å². The van der Waals surface area contributed by atoms with E-state index in [9.17, 15) is 8.78 Å². The highest BCUT2D eigenvalue weighted by Crippen LogP contribution is 2.22. The van der Waals surface area contributed by atoms with Crippen molar-refractivity contribution in [3.8, 4) is 0 Å². The number of hydrogen-bond donors (Lipinski definition) is 1. The Morgan fingerprint density at radius 2 is 1.88 bits per heavy atom. The molecule has 88 valence electrons. The molecule has 6 heteroatoms. The van der Waals surface area contributed by atoms with Gasteiger partial charge in [-0.2, -0.15) is 0 Å². The molecule has 0 radical (unpaired) electrons. The minimum absolute atomic E-state index is 0.00265. The molecule has 1 aromatic carbocycles. The highest BCUT2D eigenvalue weighted by molar-refractivity contribution is 6.29. The van der Waals surface area contributed by atoms with E-state index in [-0.39, 0.29) is 16.4 Å². The van der Waals surface area contributed by atoms with Gasteiger partial charge in [-0.15, -0.1) is 0 Å². The molecule has 0 bridgehead atoms. The minimum Gasteiger partial charge on any atom is -0.338 e. The monoisotopic (exact) mass is 255 g/mol. The number of aryl methyl sites for hydroxylation is 1. The molecule has 0 aliphatic heterocycles. The highest BCUT2D eigenvalue weighted by atomic mass is 35.5. The maximum Gasteiger partial charge on any atom is 0.147 e. The van der Waals surface area contributed by atoms with Gasteiger partial charge in [0, 0.05) is 12.1 Å². The smallest absolute Gasteiger partial charge is 0.147 e. The molecular weight excluding hydrogens is 248 g/mol. The summed E-state index contributed by atoms with van der Waals surface area (Å²) in [6, 6.07) is 3.60. The lowest BCUT2D eigenvalue weighted by atomic mass is 10.2. The molecule has 0 unspecified atom stereocenters. The Kier molecular flexibility index (Phi) is 3.19. The highest BCUT2D eigenvalue weighted by Gasteiger charge is 2.08. The van der Waals surface area contributed by atoms with Gasteiger partial charge in [0.05, 0.1) is 5.69 Å². The van der Waals surface area contributed by atoms with E-state index in [0.29, 0.717) is 5.82 Å². The van der Waals surface area contributed by atoms with Crippen molar-refractivity contribution >= 4 is 23.1 Å². The van der Waals surface area contributed by atoms with Crippen LogP contribution in [-0.4, -0.2) is 9.97 Å². The van der Waals surface area contributed by atoms with Gasteiger partial charge in [-0.05, 0) is 18.6 Å². The predicted octanol–water partition coefficient (Wildman–Crippen LogP) is 3.46. The number of anilines is 2. The SMILES string of the molecule is Cc1cc(F)c(Nc2cc(Cl)ncn2)cc1F. The zero-order valence-corrected chi connectivity index (χ0v) is 9.59. The van der Waals surface area contributed by atoms with Crippen LogP contribution in [0.25, 0.3) is 0 Å². The van der Waals surface area contributed by atoms with E-state index in [1.54, 1.807) is 0 Å². The van der Waals surface area contributed by atoms with Gasteiger partial charge in [0.15, 0.2) is 0 Å². The quantitative estimate of drug-likeness (QED) is 0.835.